The van der Waals surface area contributed by atoms with Crippen molar-refractivity contribution in [3.8, 4) is 0 Å². The van der Waals surface area contributed by atoms with Crippen LogP contribution in [0.4, 0.5) is 4.79 Å². The fraction of sp³-hybridized carbons (Fsp3) is 0.929. The van der Waals surface area contributed by atoms with E-state index in [0.29, 0.717) is 13.1 Å². The Kier molecular flexibility index (Phi) is 7.87. The first-order chi connectivity index (χ1) is 9.53. The van der Waals surface area contributed by atoms with E-state index in [-0.39, 0.29) is 18.1 Å². The van der Waals surface area contributed by atoms with Gasteiger partial charge in [-0.15, -0.1) is 0 Å². The van der Waals surface area contributed by atoms with E-state index in [1.807, 2.05) is 0 Å². The van der Waals surface area contributed by atoms with Crippen molar-refractivity contribution in [3.63, 3.8) is 0 Å². The van der Waals surface area contributed by atoms with Crippen molar-refractivity contribution in [2.75, 3.05) is 52.5 Å². The molecule has 1 saturated heterocycles. The number of amides is 2. The van der Waals surface area contributed by atoms with Gasteiger partial charge < -0.3 is 20.5 Å². The number of hydrogen-bond donors (Lipinski definition) is 3. The predicted octanol–water partition coefficient (Wildman–Crippen LogP) is 0.417. The second-order valence-electron chi connectivity index (χ2n) is 6.05. The molecule has 0 aromatic heterocycles. The molecule has 0 saturated carbocycles. The smallest absolute Gasteiger partial charge is 0.314 e. The summed E-state index contributed by atoms with van der Waals surface area (Å²) in [4.78, 5) is 14.0. The van der Waals surface area contributed by atoms with Crippen LogP contribution in [0.15, 0.2) is 0 Å². The van der Waals surface area contributed by atoms with Gasteiger partial charge in [0.2, 0.25) is 0 Å². The monoisotopic (exact) mass is 287 g/mol. The van der Waals surface area contributed by atoms with Crippen molar-refractivity contribution in [1.29, 1.82) is 0 Å². The molecule has 6 heteroatoms. The molecule has 1 aliphatic heterocycles. The zero-order chi connectivity index (χ0) is 14.8. The molecule has 0 spiro atoms. The number of nitrogens with one attached hydrogen (secondary N) is 2. The van der Waals surface area contributed by atoms with Gasteiger partial charge in [0.05, 0.1) is 13.2 Å². The Hall–Kier alpha value is -0.850. The molecule has 0 atom stereocenters. The van der Waals surface area contributed by atoms with Gasteiger partial charge in [0.25, 0.3) is 0 Å². The summed E-state index contributed by atoms with van der Waals surface area (Å²) < 4.78 is 5.28. The number of rotatable bonds is 8. The van der Waals surface area contributed by atoms with Crippen LogP contribution < -0.4 is 10.6 Å². The molecule has 1 fully saturated rings. The van der Waals surface area contributed by atoms with E-state index in [9.17, 15) is 4.79 Å². The van der Waals surface area contributed by atoms with Gasteiger partial charge >= 0.3 is 6.03 Å². The molecular formula is C14H29N3O3. The van der Waals surface area contributed by atoms with Crippen LogP contribution in [0.2, 0.25) is 0 Å². The van der Waals surface area contributed by atoms with Gasteiger partial charge in [-0.3, -0.25) is 4.90 Å². The van der Waals surface area contributed by atoms with Crippen LogP contribution in [0.3, 0.4) is 0 Å². The van der Waals surface area contributed by atoms with Crippen LogP contribution >= 0.6 is 0 Å². The van der Waals surface area contributed by atoms with Crippen molar-refractivity contribution in [3.05, 3.63) is 0 Å². The highest BCUT2D eigenvalue weighted by molar-refractivity contribution is 5.73. The van der Waals surface area contributed by atoms with E-state index in [2.05, 4.69) is 29.4 Å². The van der Waals surface area contributed by atoms with Gasteiger partial charge in [-0.25, -0.2) is 4.79 Å². The Labute approximate surface area is 121 Å². The van der Waals surface area contributed by atoms with Crippen LogP contribution in [0, 0.1) is 5.41 Å². The SMILES string of the molecule is CC(C)(CCCO)CNC(=O)NCCN1CCOCC1. The standard InChI is InChI=1S/C14H29N3O3/c1-14(2,4-3-9-18)12-16-13(19)15-5-6-17-7-10-20-11-8-17/h18H,3-12H2,1-2H3,(H2,15,16,19). The summed E-state index contributed by atoms with van der Waals surface area (Å²) in [5, 5.41) is 14.6. The third-order valence-corrected chi connectivity index (χ3v) is 3.56. The lowest BCUT2D eigenvalue weighted by atomic mass is 9.88. The van der Waals surface area contributed by atoms with E-state index in [1.165, 1.54) is 0 Å². The Bertz CT molecular complexity index is 279. The Balaban J connectivity index is 2.07. The quantitative estimate of drug-likeness (QED) is 0.605. The first-order valence-corrected chi connectivity index (χ1v) is 7.46. The lowest BCUT2D eigenvalue weighted by Crippen LogP contribution is -2.45. The van der Waals surface area contributed by atoms with Gasteiger partial charge in [-0.1, -0.05) is 13.8 Å². The highest BCUT2D eigenvalue weighted by Crippen LogP contribution is 2.20. The van der Waals surface area contributed by atoms with E-state index in [4.69, 9.17) is 9.84 Å². The fourth-order valence-electron chi connectivity index (χ4n) is 2.18. The number of ether oxygens (including phenoxy) is 1. The first-order valence-electron chi connectivity index (χ1n) is 7.46. The highest BCUT2D eigenvalue weighted by atomic mass is 16.5. The fourth-order valence-corrected chi connectivity index (χ4v) is 2.18. The Morgan fingerprint density at radius 2 is 2.00 bits per heavy atom. The van der Waals surface area contributed by atoms with Crippen LogP contribution in [0.5, 0.6) is 0 Å². The van der Waals surface area contributed by atoms with Gasteiger partial charge in [0.1, 0.15) is 0 Å². The third-order valence-electron chi connectivity index (χ3n) is 3.56. The molecule has 1 heterocycles. The predicted molar refractivity (Wildman–Crippen MR) is 78.8 cm³/mol. The molecule has 0 aromatic carbocycles. The molecule has 1 aliphatic rings. The van der Waals surface area contributed by atoms with E-state index >= 15 is 0 Å². The van der Waals surface area contributed by atoms with Crippen molar-refractivity contribution >= 4 is 6.03 Å². The molecule has 1 rings (SSSR count). The first kappa shape index (κ1) is 17.2. The van der Waals surface area contributed by atoms with E-state index in [1.54, 1.807) is 0 Å². The van der Waals surface area contributed by atoms with Crippen LogP contribution in [0.1, 0.15) is 26.7 Å². The van der Waals surface area contributed by atoms with Crippen LogP contribution in [-0.2, 0) is 4.74 Å². The molecule has 0 aliphatic carbocycles. The number of carbonyl (C=O) groups excluding carboxylic acids is 1. The number of carbonyl (C=O) groups is 1. The molecule has 0 aromatic rings. The lowest BCUT2D eigenvalue weighted by molar-refractivity contribution is 0.0387. The molecule has 20 heavy (non-hydrogen) atoms. The zero-order valence-electron chi connectivity index (χ0n) is 12.8. The summed E-state index contributed by atoms with van der Waals surface area (Å²) in [6.07, 6.45) is 1.67. The maximum Gasteiger partial charge on any atom is 0.314 e. The number of morpholine rings is 1. The lowest BCUT2D eigenvalue weighted by Gasteiger charge is -2.27. The molecule has 3 N–H and O–H groups in total. The normalized spacial score (nSPS) is 16.9. The summed E-state index contributed by atoms with van der Waals surface area (Å²) in [6, 6.07) is -0.115. The van der Waals surface area contributed by atoms with Crippen molar-refractivity contribution < 1.29 is 14.6 Å². The number of aliphatic hydroxyl groups excluding tert-OH is 1. The Morgan fingerprint density at radius 1 is 1.30 bits per heavy atom. The topological polar surface area (TPSA) is 73.8 Å². The maximum absolute atomic E-state index is 11.7. The summed E-state index contributed by atoms with van der Waals surface area (Å²) in [6.45, 7) is 9.98. The largest absolute Gasteiger partial charge is 0.396 e. The Morgan fingerprint density at radius 3 is 2.65 bits per heavy atom. The molecule has 0 bridgehead atoms. The molecule has 118 valence electrons. The van der Waals surface area contributed by atoms with Crippen LogP contribution in [-0.4, -0.2) is 68.6 Å². The van der Waals surface area contributed by atoms with Gasteiger partial charge in [0.15, 0.2) is 0 Å². The second kappa shape index (κ2) is 9.15. The van der Waals surface area contributed by atoms with Crippen LogP contribution in [0.25, 0.3) is 0 Å². The average Bonchev–Trinajstić information content (AvgIpc) is 2.44. The molecule has 0 unspecified atom stereocenters. The van der Waals surface area contributed by atoms with Crippen molar-refractivity contribution in [1.82, 2.24) is 15.5 Å². The summed E-state index contributed by atoms with van der Waals surface area (Å²) >= 11 is 0. The van der Waals surface area contributed by atoms with Crippen molar-refractivity contribution in [2.45, 2.75) is 26.7 Å². The minimum atomic E-state index is -0.115. The van der Waals surface area contributed by atoms with Gasteiger partial charge in [-0.05, 0) is 18.3 Å². The minimum Gasteiger partial charge on any atom is -0.396 e. The summed E-state index contributed by atoms with van der Waals surface area (Å²) in [7, 11) is 0. The number of urea groups is 1. The van der Waals surface area contributed by atoms with Gasteiger partial charge in [0, 0.05) is 39.3 Å². The number of hydrogen-bond acceptors (Lipinski definition) is 4. The van der Waals surface area contributed by atoms with E-state index < -0.39 is 0 Å². The highest BCUT2D eigenvalue weighted by Gasteiger charge is 2.18. The van der Waals surface area contributed by atoms with Gasteiger partial charge in [-0.2, -0.15) is 0 Å². The number of aliphatic hydroxyl groups is 1. The molecule has 2 amide bonds. The zero-order valence-corrected chi connectivity index (χ0v) is 12.8. The van der Waals surface area contributed by atoms with E-state index in [0.717, 1.165) is 45.7 Å². The average molecular weight is 287 g/mol. The molecule has 6 nitrogen and oxygen atoms in total. The molecular weight excluding hydrogens is 258 g/mol. The molecule has 0 radical (unpaired) electrons. The number of nitrogens with zero attached hydrogens (tertiary/aromatic N) is 1. The summed E-state index contributed by atoms with van der Waals surface area (Å²) in [5.41, 5.74) is 0.0181. The second-order valence-corrected chi connectivity index (χ2v) is 6.05. The maximum atomic E-state index is 11.7. The van der Waals surface area contributed by atoms with Crippen molar-refractivity contribution in [2.24, 2.45) is 5.41 Å². The summed E-state index contributed by atoms with van der Waals surface area (Å²) in [5.74, 6) is 0. The third kappa shape index (κ3) is 7.67. The minimum absolute atomic E-state index is 0.0181.